The first-order chi connectivity index (χ1) is 10.2. The molecule has 1 N–H and O–H groups in total. The molecule has 7 nitrogen and oxygen atoms in total. The zero-order chi connectivity index (χ0) is 15.1. The van der Waals surface area contributed by atoms with Crippen molar-refractivity contribution in [3.8, 4) is 5.75 Å². The van der Waals surface area contributed by atoms with E-state index in [1.54, 1.807) is 12.1 Å². The van der Waals surface area contributed by atoms with E-state index in [-0.39, 0.29) is 11.6 Å². The van der Waals surface area contributed by atoms with Crippen molar-refractivity contribution in [1.29, 1.82) is 0 Å². The second kappa shape index (κ2) is 7.58. The Bertz CT molecular complexity index is 501. The molecule has 1 amide bonds. The number of nitro groups is 1. The van der Waals surface area contributed by atoms with E-state index in [1.807, 2.05) is 4.90 Å². The van der Waals surface area contributed by atoms with Crippen LogP contribution in [0.15, 0.2) is 24.3 Å². The lowest BCUT2D eigenvalue weighted by atomic mass is 10.2. The summed E-state index contributed by atoms with van der Waals surface area (Å²) in [6.07, 6.45) is 1.04. The van der Waals surface area contributed by atoms with Crippen molar-refractivity contribution >= 4 is 11.6 Å². The van der Waals surface area contributed by atoms with E-state index >= 15 is 0 Å². The lowest BCUT2D eigenvalue weighted by Crippen LogP contribution is -2.46. The lowest BCUT2D eigenvalue weighted by molar-refractivity contribution is -0.384. The van der Waals surface area contributed by atoms with Crippen molar-refractivity contribution in [2.24, 2.45) is 0 Å². The first kappa shape index (κ1) is 15.2. The van der Waals surface area contributed by atoms with Gasteiger partial charge in [0.25, 0.3) is 5.69 Å². The number of nitro benzene ring substituents is 1. The molecule has 1 saturated heterocycles. The van der Waals surface area contributed by atoms with Crippen LogP contribution in [0.5, 0.6) is 5.75 Å². The average Bonchev–Trinajstić information content (AvgIpc) is 2.52. The normalized spacial score (nSPS) is 14.8. The van der Waals surface area contributed by atoms with Crippen LogP contribution in [-0.4, -0.2) is 48.5 Å². The smallest absolute Gasteiger partial charge is 0.273 e. The fraction of sp³-hybridized carbons (Fsp3) is 0.500. The first-order valence-corrected chi connectivity index (χ1v) is 7.02. The van der Waals surface area contributed by atoms with Gasteiger partial charge in [-0.05, 0) is 12.5 Å². The third-order valence-corrected chi connectivity index (χ3v) is 3.30. The Hall–Kier alpha value is -2.15. The fourth-order valence-corrected chi connectivity index (χ4v) is 2.17. The molecule has 0 aromatic heterocycles. The summed E-state index contributed by atoms with van der Waals surface area (Å²) in [6, 6.07) is 6.06. The van der Waals surface area contributed by atoms with Gasteiger partial charge in [0.05, 0.1) is 17.6 Å². The predicted octanol–water partition coefficient (Wildman–Crippen LogP) is 1.19. The summed E-state index contributed by atoms with van der Waals surface area (Å²) in [4.78, 5) is 23.9. The Kier molecular flexibility index (Phi) is 5.51. The second-order valence-corrected chi connectivity index (χ2v) is 4.84. The van der Waals surface area contributed by atoms with Crippen LogP contribution in [0.2, 0.25) is 0 Å². The van der Waals surface area contributed by atoms with Gasteiger partial charge < -0.3 is 15.0 Å². The van der Waals surface area contributed by atoms with Crippen LogP contribution in [0.1, 0.15) is 12.8 Å². The monoisotopic (exact) mass is 293 g/mol. The number of piperazine rings is 1. The first-order valence-electron chi connectivity index (χ1n) is 7.02. The number of hydrogen-bond acceptors (Lipinski definition) is 5. The third kappa shape index (κ3) is 4.71. The SMILES string of the molecule is O=C(CCCOc1cccc([N+](=O)[O-])c1)N1CCNCC1. The van der Waals surface area contributed by atoms with Crippen molar-refractivity contribution in [2.45, 2.75) is 12.8 Å². The molecule has 1 fully saturated rings. The van der Waals surface area contributed by atoms with Crippen LogP contribution >= 0.6 is 0 Å². The van der Waals surface area contributed by atoms with E-state index in [2.05, 4.69) is 5.32 Å². The van der Waals surface area contributed by atoms with Gasteiger partial charge in [0, 0.05) is 38.7 Å². The largest absolute Gasteiger partial charge is 0.493 e. The highest BCUT2D eigenvalue weighted by Crippen LogP contribution is 2.19. The molecular formula is C14H19N3O4. The summed E-state index contributed by atoms with van der Waals surface area (Å²) in [5, 5.41) is 13.8. The Morgan fingerprint density at radius 1 is 1.38 bits per heavy atom. The number of hydrogen-bond donors (Lipinski definition) is 1. The van der Waals surface area contributed by atoms with E-state index in [0.717, 1.165) is 26.2 Å². The maximum absolute atomic E-state index is 11.9. The highest BCUT2D eigenvalue weighted by atomic mass is 16.6. The number of nitrogens with zero attached hydrogens (tertiary/aromatic N) is 2. The predicted molar refractivity (Wildman–Crippen MR) is 77.3 cm³/mol. The van der Waals surface area contributed by atoms with E-state index in [9.17, 15) is 14.9 Å². The van der Waals surface area contributed by atoms with Crippen molar-refractivity contribution in [3.05, 3.63) is 34.4 Å². The van der Waals surface area contributed by atoms with Gasteiger partial charge in [-0.25, -0.2) is 0 Å². The van der Waals surface area contributed by atoms with Gasteiger partial charge in [-0.2, -0.15) is 0 Å². The topological polar surface area (TPSA) is 84.7 Å². The third-order valence-electron chi connectivity index (χ3n) is 3.30. The van der Waals surface area contributed by atoms with Crippen LogP contribution in [-0.2, 0) is 4.79 Å². The van der Waals surface area contributed by atoms with Crippen molar-refractivity contribution in [1.82, 2.24) is 10.2 Å². The van der Waals surface area contributed by atoms with Crippen LogP contribution < -0.4 is 10.1 Å². The van der Waals surface area contributed by atoms with E-state index in [1.165, 1.54) is 12.1 Å². The van der Waals surface area contributed by atoms with E-state index in [0.29, 0.717) is 25.2 Å². The number of benzene rings is 1. The number of carbonyl (C=O) groups is 1. The number of rotatable bonds is 6. The fourth-order valence-electron chi connectivity index (χ4n) is 2.17. The highest BCUT2D eigenvalue weighted by molar-refractivity contribution is 5.76. The Morgan fingerprint density at radius 3 is 2.86 bits per heavy atom. The van der Waals surface area contributed by atoms with Crippen LogP contribution in [0.25, 0.3) is 0 Å². The molecule has 1 aliphatic heterocycles. The van der Waals surface area contributed by atoms with Gasteiger partial charge in [0.15, 0.2) is 0 Å². The average molecular weight is 293 g/mol. The number of carbonyl (C=O) groups excluding carboxylic acids is 1. The summed E-state index contributed by atoms with van der Waals surface area (Å²) >= 11 is 0. The number of non-ortho nitro benzene ring substituents is 1. The molecular weight excluding hydrogens is 274 g/mol. The van der Waals surface area contributed by atoms with E-state index < -0.39 is 4.92 Å². The summed E-state index contributed by atoms with van der Waals surface area (Å²) in [5.41, 5.74) is 0.00407. The molecule has 1 heterocycles. The molecule has 0 bridgehead atoms. The van der Waals surface area contributed by atoms with Crippen LogP contribution in [0.3, 0.4) is 0 Å². The molecule has 0 unspecified atom stereocenters. The Labute approximate surface area is 123 Å². The van der Waals surface area contributed by atoms with Crippen molar-refractivity contribution in [2.75, 3.05) is 32.8 Å². The lowest BCUT2D eigenvalue weighted by Gasteiger charge is -2.27. The molecule has 1 aliphatic rings. The Morgan fingerprint density at radius 2 is 2.14 bits per heavy atom. The van der Waals surface area contributed by atoms with Gasteiger partial charge in [-0.1, -0.05) is 6.07 Å². The summed E-state index contributed by atoms with van der Waals surface area (Å²) in [7, 11) is 0. The molecule has 1 aromatic rings. The molecule has 21 heavy (non-hydrogen) atoms. The standard InChI is InChI=1S/C14H19N3O4/c18-14(16-8-6-15-7-9-16)5-2-10-21-13-4-1-3-12(11-13)17(19)20/h1,3-4,11,15H,2,5-10H2. The highest BCUT2D eigenvalue weighted by Gasteiger charge is 2.15. The maximum Gasteiger partial charge on any atom is 0.273 e. The molecule has 0 radical (unpaired) electrons. The summed E-state index contributed by atoms with van der Waals surface area (Å²) < 4.78 is 5.45. The number of amides is 1. The van der Waals surface area contributed by atoms with Crippen LogP contribution in [0, 0.1) is 10.1 Å². The second-order valence-electron chi connectivity index (χ2n) is 4.84. The van der Waals surface area contributed by atoms with Crippen LogP contribution in [0.4, 0.5) is 5.69 Å². The summed E-state index contributed by atoms with van der Waals surface area (Å²) in [6.45, 7) is 3.57. The molecule has 0 saturated carbocycles. The maximum atomic E-state index is 11.9. The zero-order valence-electron chi connectivity index (χ0n) is 11.8. The van der Waals surface area contributed by atoms with Gasteiger partial charge >= 0.3 is 0 Å². The molecule has 0 spiro atoms. The molecule has 114 valence electrons. The summed E-state index contributed by atoms with van der Waals surface area (Å²) in [5.74, 6) is 0.595. The quantitative estimate of drug-likeness (QED) is 0.484. The van der Waals surface area contributed by atoms with Gasteiger partial charge in [-0.15, -0.1) is 0 Å². The van der Waals surface area contributed by atoms with Gasteiger partial charge in [0.1, 0.15) is 5.75 Å². The number of nitrogens with one attached hydrogen (secondary N) is 1. The molecule has 0 aliphatic carbocycles. The van der Waals surface area contributed by atoms with Gasteiger partial charge in [-0.3, -0.25) is 14.9 Å². The van der Waals surface area contributed by atoms with Crippen molar-refractivity contribution < 1.29 is 14.5 Å². The minimum Gasteiger partial charge on any atom is -0.493 e. The zero-order valence-corrected chi connectivity index (χ0v) is 11.8. The molecule has 1 aromatic carbocycles. The minimum atomic E-state index is -0.458. The molecule has 7 heteroatoms. The number of ether oxygens (including phenoxy) is 1. The van der Waals surface area contributed by atoms with Gasteiger partial charge in [0.2, 0.25) is 5.91 Å². The molecule has 2 rings (SSSR count). The molecule has 0 atom stereocenters. The van der Waals surface area contributed by atoms with E-state index in [4.69, 9.17) is 4.74 Å². The minimum absolute atomic E-state index is 0.00407. The Balaban J connectivity index is 1.70. The van der Waals surface area contributed by atoms with Crippen molar-refractivity contribution in [3.63, 3.8) is 0 Å².